The minimum Gasteiger partial charge on any atom is -0.258 e. The van der Waals surface area contributed by atoms with Crippen LogP contribution in [0.3, 0.4) is 0 Å². The van der Waals surface area contributed by atoms with Crippen LogP contribution in [-0.2, 0) is 4.42 Å². The third-order valence-electron chi connectivity index (χ3n) is 3.78. The Morgan fingerprint density at radius 2 is 1.43 bits per heavy atom. The first-order valence-corrected chi connectivity index (χ1v) is 7.45. The van der Waals surface area contributed by atoms with Crippen LogP contribution in [0.15, 0.2) is 84.5 Å². The summed E-state index contributed by atoms with van der Waals surface area (Å²) in [7, 11) is 1.68. The number of hydrogen-bond acceptors (Lipinski definition) is 0. The molecule has 0 unspecified atom stereocenters. The summed E-state index contributed by atoms with van der Waals surface area (Å²) in [6, 6.07) is 18.5. The summed E-state index contributed by atoms with van der Waals surface area (Å²) in [4.78, 5) is 0. The lowest BCUT2D eigenvalue weighted by Gasteiger charge is -2.13. The van der Waals surface area contributed by atoms with E-state index in [1.54, 1.807) is 7.11 Å². The highest BCUT2D eigenvalue weighted by atomic mass is 16.4. The van der Waals surface area contributed by atoms with Gasteiger partial charge in [0.15, 0.2) is 0 Å². The Bertz CT molecular complexity index is 836. The van der Waals surface area contributed by atoms with Gasteiger partial charge in [-0.25, -0.2) is 0 Å². The molecular weight excluding hydrogens is 280 g/mol. The lowest BCUT2D eigenvalue weighted by Crippen LogP contribution is -1.99. The molecule has 0 fully saturated rings. The highest BCUT2D eigenvalue weighted by molar-refractivity contribution is 6.03. The van der Waals surface area contributed by atoms with Crippen LogP contribution in [0.5, 0.6) is 0 Å². The SMILES string of the molecule is C#Cc1ccc(C(=C2C=CC(=[O+]C)C=C2)c2ccccc2)cc1. The number of terminal acetylenes is 1. The lowest BCUT2D eigenvalue weighted by molar-refractivity contribution is -0.417. The maximum Gasteiger partial charge on any atom is 0.343 e. The maximum atomic E-state index is 5.46. The molecule has 0 radical (unpaired) electrons. The summed E-state index contributed by atoms with van der Waals surface area (Å²) in [6.07, 6.45) is 13.6. The number of ketones is 1. The Morgan fingerprint density at radius 1 is 0.826 bits per heavy atom. The molecule has 0 heterocycles. The molecule has 2 aromatic carbocycles. The largest absolute Gasteiger partial charge is 0.343 e. The van der Waals surface area contributed by atoms with Gasteiger partial charge < -0.3 is 0 Å². The Kier molecular flexibility index (Phi) is 4.36. The summed E-state index contributed by atoms with van der Waals surface area (Å²) >= 11 is 0. The Morgan fingerprint density at radius 3 is 2.00 bits per heavy atom. The van der Waals surface area contributed by atoms with Gasteiger partial charge in [-0.15, -0.1) is 6.42 Å². The average molecular weight is 297 g/mol. The average Bonchev–Trinajstić information content (AvgIpc) is 2.64. The van der Waals surface area contributed by atoms with Gasteiger partial charge in [0.25, 0.3) is 7.11 Å². The standard InChI is InChI=1S/C22H17O/c1-3-17-9-11-19(12-10-17)22(18-7-5-4-6-8-18)20-13-15-21(23-2)16-14-20/h1,4-16H,2H3/q+1. The Hall–Kier alpha value is -3.11. The van der Waals surface area contributed by atoms with Crippen LogP contribution in [0.25, 0.3) is 5.57 Å². The first-order valence-electron chi connectivity index (χ1n) is 7.45. The molecule has 0 spiro atoms. The molecule has 1 aliphatic rings. The number of carbonyl (C=O) groups excluding carboxylic acids is 1. The second-order valence-electron chi connectivity index (χ2n) is 5.19. The fraction of sp³-hybridized carbons (Fsp3) is 0.0455. The van der Waals surface area contributed by atoms with Gasteiger partial charge in [0.1, 0.15) is 0 Å². The van der Waals surface area contributed by atoms with E-state index in [-0.39, 0.29) is 0 Å². The fourth-order valence-electron chi connectivity index (χ4n) is 2.60. The van der Waals surface area contributed by atoms with E-state index >= 15 is 0 Å². The van der Waals surface area contributed by atoms with E-state index < -0.39 is 0 Å². The molecule has 0 saturated carbocycles. The second-order valence-corrected chi connectivity index (χ2v) is 5.19. The Balaban J connectivity index is 2.16. The lowest BCUT2D eigenvalue weighted by atomic mass is 9.90. The van der Waals surface area contributed by atoms with Crippen molar-refractivity contribution in [1.29, 1.82) is 0 Å². The molecule has 110 valence electrons. The predicted molar refractivity (Wildman–Crippen MR) is 96.1 cm³/mol. The predicted octanol–water partition coefficient (Wildman–Crippen LogP) is 4.33. The smallest absolute Gasteiger partial charge is 0.258 e. The van der Waals surface area contributed by atoms with E-state index in [2.05, 4.69) is 54.5 Å². The third kappa shape index (κ3) is 3.22. The molecule has 2 aromatic rings. The van der Waals surface area contributed by atoms with E-state index in [1.807, 2.05) is 30.4 Å². The van der Waals surface area contributed by atoms with Gasteiger partial charge in [0.05, 0.1) is 0 Å². The van der Waals surface area contributed by atoms with Gasteiger partial charge >= 0.3 is 5.78 Å². The molecule has 1 nitrogen and oxygen atoms in total. The summed E-state index contributed by atoms with van der Waals surface area (Å²) < 4.78 is 5.26. The van der Waals surface area contributed by atoms with Crippen LogP contribution in [0.2, 0.25) is 0 Å². The van der Waals surface area contributed by atoms with Crippen LogP contribution in [0.4, 0.5) is 0 Å². The summed E-state index contributed by atoms with van der Waals surface area (Å²) in [5.41, 5.74) is 5.52. The van der Waals surface area contributed by atoms with Crippen LogP contribution in [0.1, 0.15) is 16.7 Å². The molecule has 1 heteroatoms. The van der Waals surface area contributed by atoms with Crippen molar-refractivity contribution in [2.75, 3.05) is 7.11 Å². The molecule has 0 aromatic heterocycles. The zero-order chi connectivity index (χ0) is 16.1. The van der Waals surface area contributed by atoms with Gasteiger partial charge in [-0.2, -0.15) is 0 Å². The first kappa shape index (κ1) is 14.8. The number of allylic oxidation sites excluding steroid dienone is 5. The highest BCUT2D eigenvalue weighted by Gasteiger charge is 2.13. The first-order chi connectivity index (χ1) is 11.3. The third-order valence-corrected chi connectivity index (χ3v) is 3.78. The minimum atomic E-state index is 0.851. The number of benzene rings is 2. The molecular formula is C22H17O+. The zero-order valence-corrected chi connectivity index (χ0v) is 13.0. The van der Waals surface area contributed by atoms with Crippen molar-refractivity contribution in [2.45, 2.75) is 0 Å². The van der Waals surface area contributed by atoms with E-state index in [4.69, 9.17) is 10.8 Å². The summed E-state index contributed by atoms with van der Waals surface area (Å²) in [5, 5.41) is 0. The van der Waals surface area contributed by atoms with Crippen molar-refractivity contribution in [3.8, 4) is 12.3 Å². The molecule has 0 atom stereocenters. The molecule has 0 aliphatic heterocycles. The highest BCUT2D eigenvalue weighted by Crippen LogP contribution is 2.29. The normalized spacial score (nSPS) is 12.9. The zero-order valence-electron chi connectivity index (χ0n) is 13.0. The number of rotatable bonds is 2. The van der Waals surface area contributed by atoms with Gasteiger partial charge in [-0.3, -0.25) is 4.42 Å². The van der Waals surface area contributed by atoms with Crippen molar-refractivity contribution in [3.05, 3.63) is 101 Å². The second kappa shape index (κ2) is 6.77. The van der Waals surface area contributed by atoms with Crippen molar-refractivity contribution in [2.24, 2.45) is 0 Å². The summed E-state index contributed by atoms with van der Waals surface area (Å²) in [5.74, 6) is 3.51. The van der Waals surface area contributed by atoms with Crippen LogP contribution < -0.4 is 0 Å². The van der Waals surface area contributed by atoms with Gasteiger partial charge in [0, 0.05) is 17.7 Å². The van der Waals surface area contributed by atoms with E-state index in [9.17, 15) is 0 Å². The van der Waals surface area contributed by atoms with Crippen molar-refractivity contribution in [1.82, 2.24) is 0 Å². The molecule has 1 aliphatic carbocycles. The quantitative estimate of drug-likeness (QED) is 0.577. The van der Waals surface area contributed by atoms with Gasteiger partial charge in [0.2, 0.25) is 0 Å². The Labute approximate surface area is 137 Å². The molecule has 0 saturated heterocycles. The molecule has 0 amide bonds. The fourth-order valence-corrected chi connectivity index (χ4v) is 2.60. The van der Waals surface area contributed by atoms with Crippen LogP contribution in [0, 0.1) is 12.3 Å². The van der Waals surface area contributed by atoms with Gasteiger partial charge in [-0.05, 0) is 46.6 Å². The number of hydrogen-bond donors (Lipinski definition) is 0. The van der Waals surface area contributed by atoms with Crippen LogP contribution >= 0.6 is 0 Å². The molecule has 23 heavy (non-hydrogen) atoms. The van der Waals surface area contributed by atoms with Crippen LogP contribution in [-0.4, -0.2) is 12.9 Å². The summed E-state index contributed by atoms with van der Waals surface area (Å²) in [6.45, 7) is 0. The van der Waals surface area contributed by atoms with Gasteiger partial charge in [-0.1, -0.05) is 48.4 Å². The molecule has 3 rings (SSSR count). The van der Waals surface area contributed by atoms with E-state index in [1.165, 1.54) is 11.1 Å². The maximum absolute atomic E-state index is 5.46. The van der Waals surface area contributed by atoms with E-state index in [0.717, 1.165) is 22.5 Å². The van der Waals surface area contributed by atoms with Crippen molar-refractivity contribution >= 4 is 11.4 Å². The monoisotopic (exact) mass is 297 g/mol. The van der Waals surface area contributed by atoms with E-state index in [0.29, 0.717) is 0 Å². The van der Waals surface area contributed by atoms with Crippen molar-refractivity contribution in [3.63, 3.8) is 0 Å². The molecule has 0 N–H and O–H groups in total. The minimum absolute atomic E-state index is 0.851. The van der Waals surface area contributed by atoms with Crippen molar-refractivity contribution < 1.29 is 4.42 Å². The topological polar surface area (TPSA) is 11.3 Å². The molecule has 0 bridgehead atoms.